The number of ether oxygens (including phenoxy) is 2. The molecule has 2 atom stereocenters. The highest BCUT2D eigenvalue weighted by Gasteiger charge is 2.48. The van der Waals surface area contributed by atoms with Gasteiger partial charge in [-0.25, -0.2) is 0 Å². The topological polar surface area (TPSA) is 56.5 Å². The van der Waals surface area contributed by atoms with Gasteiger partial charge in [-0.1, -0.05) is 18.9 Å². The maximum Gasteiger partial charge on any atom is 0.137 e. The zero-order valence-corrected chi connectivity index (χ0v) is 17.2. The Morgan fingerprint density at radius 3 is 2.90 bits per heavy atom. The van der Waals surface area contributed by atoms with E-state index in [2.05, 4.69) is 23.5 Å². The van der Waals surface area contributed by atoms with Crippen molar-refractivity contribution in [2.24, 2.45) is 0 Å². The molecule has 1 N–H and O–H groups in total. The number of hydrogen-bond acceptors (Lipinski definition) is 5. The van der Waals surface area contributed by atoms with Crippen molar-refractivity contribution in [1.82, 2.24) is 10.3 Å². The van der Waals surface area contributed by atoms with Crippen LogP contribution in [0, 0.1) is 0 Å². The standard InChI is InChI=1S/C24H32N2O3/c1-4-12-26-21(5-1)23(11-16-29-24(18-23)8-2-3-9-24)10-13-25-17-20-22-19(6-14-27-20)7-15-28-22/h1,4-5,7,12,15,20,25H,2-3,6,8-11,13-14,16-18H2/t20?,23-/m1/s1. The maximum atomic E-state index is 6.35. The second-order valence-corrected chi connectivity index (χ2v) is 9.03. The van der Waals surface area contributed by atoms with Crippen molar-refractivity contribution >= 4 is 0 Å². The van der Waals surface area contributed by atoms with Crippen LogP contribution in [0.5, 0.6) is 0 Å². The summed E-state index contributed by atoms with van der Waals surface area (Å²) in [5.74, 6) is 0.999. The van der Waals surface area contributed by atoms with Gasteiger partial charge in [0.15, 0.2) is 0 Å². The third-order valence-electron chi connectivity index (χ3n) is 7.25. The second-order valence-electron chi connectivity index (χ2n) is 9.03. The number of nitrogens with zero attached hydrogens (tertiary/aromatic N) is 1. The monoisotopic (exact) mass is 396 g/mol. The zero-order valence-electron chi connectivity index (χ0n) is 17.2. The fraction of sp³-hybridized carbons (Fsp3) is 0.625. The van der Waals surface area contributed by atoms with E-state index >= 15 is 0 Å². The van der Waals surface area contributed by atoms with Gasteiger partial charge in [-0.05, 0) is 68.8 Å². The Morgan fingerprint density at radius 1 is 1.10 bits per heavy atom. The molecule has 0 radical (unpaired) electrons. The van der Waals surface area contributed by atoms with E-state index in [1.807, 2.05) is 12.3 Å². The number of hydrogen-bond donors (Lipinski definition) is 1. The van der Waals surface area contributed by atoms with E-state index in [9.17, 15) is 0 Å². The third-order valence-corrected chi connectivity index (χ3v) is 7.25. The van der Waals surface area contributed by atoms with Crippen molar-refractivity contribution < 1.29 is 13.9 Å². The summed E-state index contributed by atoms with van der Waals surface area (Å²) >= 11 is 0. The number of furan rings is 1. The summed E-state index contributed by atoms with van der Waals surface area (Å²) in [5.41, 5.74) is 2.70. The largest absolute Gasteiger partial charge is 0.466 e. The van der Waals surface area contributed by atoms with Crippen LogP contribution in [0.4, 0.5) is 0 Å². The molecule has 0 amide bonds. The van der Waals surface area contributed by atoms with Crippen LogP contribution in [0.1, 0.15) is 68.1 Å². The summed E-state index contributed by atoms with van der Waals surface area (Å²) in [7, 11) is 0. The van der Waals surface area contributed by atoms with Gasteiger partial charge in [0.25, 0.3) is 0 Å². The fourth-order valence-corrected chi connectivity index (χ4v) is 5.73. The van der Waals surface area contributed by atoms with Crippen molar-refractivity contribution in [3.05, 3.63) is 53.7 Å². The Labute approximate surface area is 173 Å². The highest BCUT2D eigenvalue weighted by molar-refractivity contribution is 5.22. The van der Waals surface area contributed by atoms with E-state index in [0.717, 1.165) is 57.7 Å². The summed E-state index contributed by atoms with van der Waals surface area (Å²) in [6.07, 6.45) is 12.9. The summed E-state index contributed by atoms with van der Waals surface area (Å²) in [6.45, 7) is 3.36. The molecule has 2 fully saturated rings. The van der Waals surface area contributed by atoms with Gasteiger partial charge in [-0.15, -0.1) is 0 Å². The van der Waals surface area contributed by atoms with Gasteiger partial charge in [-0.3, -0.25) is 4.98 Å². The Morgan fingerprint density at radius 2 is 2.03 bits per heavy atom. The van der Waals surface area contributed by atoms with Crippen LogP contribution >= 0.6 is 0 Å². The Hall–Kier alpha value is -1.69. The molecule has 3 aliphatic rings. The SMILES string of the molecule is c1ccc([C@]2(CCNCC3OCCc4ccoc43)CCOC3(CCCC3)C2)nc1. The predicted octanol–water partition coefficient (Wildman–Crippen LogP) is 4.33. The average molecular weight is 397 g/mol. The lowest BCUT2D eigenvalue weighted by atomic mass is 9.68. The van der Waals surface area contributed by atoms with Crippen LogP contribution in [0.3, 0.4) is 0 Å². The van der Waals surface area contributed by atoms with Gasteiger partial charge in [0.1, 0.15) is 11.9 Å². The molecule has 2 aromatic heterocycles. The zero-order chi connectivity index (χ0) is 19.6. The first-order valence-electron chi connectivity index (χ1n) is 11.2. The van der Waals surface area contributed by atoms with Crippen LogP contribution in [0.25, 0.3) is 0 Å². The van der Waals surface area contributed by atoms with Crippen LogP contribution in [-0.4, -0.2) is 36.9 Å². The predicted molar refractivity (Wildman–Crippen MR) is 111 cm³/mol. The summed E-state index contributed by atoms with van der Waals surface area (Å²) in [5, 5.41) is 3.65. The lowest BCUT2D eigenvalue weighted by Gasteiger charge is -2.46. The van der Waals surface area contributed by atoms with Crippen LogP contribution < -0.4 is 5.32 Å². The molecule has 1 saturated heterocycles. The highest BCUT2D eigenvalue weighted by atomic mass is 16.5. The minimum Gasteiger partial charge on any atom is -0.466 e. The van der Waals surface area contributed by atoms with Gasteiger partial charge in [-0.2, -0.15) is 0 Å². The van der Waals surface area contributed by atoms with Crippen molar-refractivity contribution in [1.29, 1.82) is 0 Å². The van der Waals surface area contributed by atoms with Gasteiger partial charge in [0, 0.05) is 30.5 Å². The molecule has 1 aliphatic carbocycles. The number of pyridine rings is 1. The first-order valence-corrected chi connectivity index (χ1v) is 11.2. The molecule has 1 saturated carbocycles. The van der Waals surface area contributed by atoms with Crippen LogP contribution in [-0.2, 0) is 21.3 Å². The number of rotatable bonds is 6. The first kappa shape index (κ1) is 19.3. The first-order chi connectivity index (χ1) is 14.3. The third kappa shape index (κ3) is 3.88. The number of aromatic nitrogens is 1. The molecule has 2 aromatic rings. The van der Waals surface area contributed by atoms with Crippen LogP contribution in [0.15, 0.2) is 41.1 Å². The van der Waals surface area contributed by atoms with Gasteiger partial charge < -0.3 is 19.2 Å². The maximum absolute atomic E-state index is 6.35. The van der Waals surface area contributed by atoms with Gasteiger partial charge in [0.2, 0.25) is 0 Å². The molecular weight excluding hydrogens is 364 g/mol. The normalized spacial score (nSPS) is 28.5. The number of fused-ring (bicyclic) bond motifs is 1. The molecule has 4 heterocycles. The molecule has 156 valence electrons. The lowest BCUT2D eigenvalue weighted by molar-refractivity contribution is -0.104. The number of nitrogens with one attached hydrogen (secondary N) is 1. The molecule has 5 heteroatoms. The Bertz CT molecular complexity index is 799. The molecule has 1 spiro atoms. The second kappa shape index (κ2) is 8.21. The molecule has 1 unspecified atom stereocenters. The molecular formula is C24H32N2O3. The van der Waals surface area contributed by atoms with E-state index in [1.165, 1.54) is 36.9 Å². The van der Waals surface area contributed by atoms with Crippen molar-refractivity contribution in [2.45, 2.75) is 68.5 Å². The van der Waals surface area contributed by atoms with E-state index in [4.69, 9.17) is 18.9 Å². The fourth-order valence-electron chi connectivity index (χ4n) is 5.73. The molecule has 2 aliphatic heterocycles. The van der Waals surface area contributed by atoms with Gasteiger partial charge >= 0.3 is 0 Å². The molecule has 0 aromatic carbocycles. The molecule has 29 heavy (non-hydrogen) atoms. The Kier molecular flexibility index (Phi) is 5.46. The lowest BCUT2D eigenvalue weighted by Crippen LogP contribution is -2.47. The van der Waals surface area contributed by atoms with E-state index < -0.39 is 0 Å². The smallest absolute Gasteiger partial charge is 0.137 e. The Balaban J connectivity index is 1.26. The van der Waals surface area contributed by atoms with E-state index in [-0.39, 0.29) is 17.1 Å². The highest BCUT2D eigenvalue weighted by Crippen LogP contribution is 2.49. The average Bonchev–Trinajstić information content (AvgIpc) is 3.42. The summed E-state index contributed by atoms with van der Waals surface area (Å²) in [6, 6.07) is 8.43. The van der Waals surface area contributed by atoms with E-state index in [1.54, 1.807) is 6.26 Å². The van der Waals surface area contributed by atoms with Gasteiger partial charge in [0.05, 0.1) is 18.5 Å². The molecule has 5 rings (SSSR count). The minimum atomic E-state index is 0.0235. The summed E-state index contributed by atoms with van der Waals surface area (Å²) < 4.78 is 18.0. The molecule has 5 nitrogen and oxygen atoms in total. The summed E-state index contributed by atoms with van der Waals surface area (Å²) in [4.78, 5) is 4.80. The van der Waals surface area contributed by atoms with E-state index in [0.29, 0.717) is 0 Å². The van der Waals surface area contributed by atoms with Crippen molar-refractivity contribution in [2.75, 3.05) is 26.3 Å². The molecule has 0 bridgehead atoms. The van der Waals surface area contributed by atoms with Crippen molar-refractivity contribution in [3.63, 3.8) is 0 Å². The van der Waals surface area contributed by atoms with Crippen molar-refractivity contribution in [3.8, 4) is 0 Å². The minimum absolute atomic E-state index is 0.0235. The van der Waals surface area contributed by atoms with Crippen LogP contribution in [0.2, 0.25) is 0 Å². The quantitative estimate of drug-likeness (QED) is 0.737.